The van der Waals surface area contributed by atoms with Gasteiger partial charge in [-0.05, 0) is 18.9 Å². The SMILES string of the molecule is NS(=O)(=O)OC[C@H]1C[C@@H](Nc2ncncc2C(O)c2cc(CO)c(Cl)s2)C[C@@H]1O. The smallest absolute Gasteiger partial charge is 0.333 e. The molecule has 0 bridgehead atoms. The summed E-state index contributed by atoms with van der Waals surface area (Å²) in [6.45, 7) is -0.449. The summed E-state index contributed by atoms with van der Waals surface area (Å²) in [6.07, 6.45) is 1.74. The number of rotatable bonds is 8. The lowest BCUT2D eigenvalue weighted by atomic mass is 10.1. The maximum atomic E-state index is 11.0. The lowest BCUT2D eigenvalue weighted by Crippen LogP contribution is -2.24. The molecule has 0 radical (unpaired) electrons. The van der Waals surface area contributed by atoms with E-state index in [0.717, 1.165) is 11.3 Å². The summed E-state index contributed by atoms with van der Waals surface area (Å²) >= 11 is 7.21. The fourth-order valence-corrected chi connectivity index (χ4v) is 4.91. The first-order valence-corrected chi connectivity index (χ1v) is 11.3. The number of nitrogens with one attached hydrogen (secondary N) is 1. The van der Waals surface area contributed by atoms with E-state index in [4.69, 9.17) is 16.7 Å². The zero-order valence-electron chi connectivity index (χ0n) is 15.1. The molecule has 160 valence electrons. The van der Waals surface area contributed by atoms with Crippen LogP contribution in [0.5, 0.6) is 0 Å². The van der Waals surface area contributed by atoms with E-state index < -0.39 is 28.4 Å². The van der Waals surface area contributed by atoms with Crippen molar-refractivity contribution in [2.24, 2.45) is 11.1 Å². The number of hydrogen-bond donors (Lipinski definition) is 5. The Bertz CT molecular complexity index is 957. The fourth-order valence-electron chi connectivity index (χ4n) is 3.26. The Morgan fingerprint density at radius 3 is 2.86 bits per heavy atom. The average Bonchev–Trinajstić information content (AvgIpc) is 3.21. The molecule has 2 aromatic heterocycles. The number of aliphatic hydroxyl groups excluding tert-OH is 3. The Morgan fingerprint density at radius 2 is 2.21 bits per heavy atom. The first-order valence-electron chi connectivity index (χ1n) is 8.66. The van der Waals surface area contributed by atoms with Gasteiger partial charge in [-0.1, -0.05) is 11.6 Å². The molecule has 0 spiro atoms. The molecule has 1 aliphatic rings. The van der Waals surface area contributed by atoms with Crippen molar-refractivity contribution in [2.45, 2.75) is 37.7 Å². The van der Waals surface area contributed by atoms with Crippen molar-refractivity contribution >= 4 is 39.1 Å². The zero-order valence-corrected chi connectivity index (χ0v) is 17.5. The topological polar surface area (TPSA) is 168 Å². The van der Waals surface area contributed by atoms with Gasteiger partial charge in [-0.3, -0.25) is 4.18 Å². The van der Waals surface area contributed by atoms with Gasteiger partial charge in [-0.2, -0.15) is 8.42 Å². The largest absolute Gasteiger partial charge is 0.393 e. The molecule has 4 atom stereocenters. The lowest BCUT2D eigenvalue weighted by Gasteiger charge is -2.18. The zero-order chi connectivity index (χ0) is 21.2. The minimum atomic E-state index is -4.08. The van der Waals surface area contributed by atoms with Gasteiger partial charge >= 0.3 is 10.3 Å². The third kappa shape index (κ3) is 5.61. The van der Waals surface area contributed by atoms with E-state index >= 15 is 0 Å². The second-order valence-corrected chi connectivity index (χ2v) is 9.66. The van der Waals surface area contributed by atoms with Gasteiger partial charge in [0.1, 0.15) is 18.2 Å². The normalized spacial score (nSPS) is 23.3. The summed E-state index contributed by atoms with van der Waals surface area (Å²) in [6, 6.07) is 1.40. The van der Waals surface area contributed by atoms with Crippen LogP contribution in [-0.4, -0.2) is 52.5 Å². The van der Waals surface area contributed by atoms with E-state index in [0.29, 0.717) is 39.0 Å². The molecule has 29 heavy (non-hydrogen) atoms. The van der Waals surface area contributed by atoms with Gasteiger partial charge in [0.15, 0.2) is 0 Å². The average molecular weight is 465 g/mol. The van der Waals surface area contributed by atoms with Gasteiger partial charge in [0.2, 0.25) is 0 Å². The summed E-state index contributed by atoms with van der Waals surface area (Å²) in [5.41, 5.74) is 0.933. The van der Waals surface area contributed by atoms with Crippen LogP contribution in [0.3, 0.4) is 0 Å². The Labute approximate surface area is 176 Å². The number of hydrogen-bond acceptors (Lipinski definition) is 10. The van der Waals surface area contributed by atoms with Crippen molar-refractivity contribution in [3.05, 3.63) is 38.9 Å². The molecule has 0 amide bonds. The maximum Gasteiger partial charge on any atom is 0.333 e. The summed E-state index contributed by atoms with van der Waals surface area (Å²) in [7, 11) is -4.08. The van der Waals surface area contributed by atoms with E-state index in [1.165, 1.54) is 12.5 Å². The Balaban J connectivity index is 1.72. The molecule has 0 aliphatic heterocycles. The van der Waals surface area contributed by atoms with E-state index in [1.54, 1.807) is 6.07 Å². The van der Waals surface area contributed by atoms with Crippen LogP contribution in [0.1, 0.15) is 34.9 Å². The quantitative estimate of drug-likeness (QED) is 0.374. The molecule has 6 N–H and O–H groups in total. The van der Waals surface area contributed by atoms with Crippen LogP contribution in [0, 0.1) is 5.92 Å². The van der Waals surface area contributed by atoms with Gasteiger partial charge < -0.3 is 20.6 Å². The summed E-state index contributed by atoms with van der Waals surface area (Å²) in [5.74, 6) is -0.0305. The number of anilines is 1. The molecule has 2 heterocycles. The molecule has 10 nitrogen and oxygen atoms in total. The summed E-state index contributed by atoms with van der Waals surface area (Å²) in [5, 5.41) is 38.2. The van der Waals surface area contributed by atoms with Crippen LogP contribution >= 0.6 is 22.9 Å². The van der Waals surface area contributed by atoms with Crippen LogP contribution in [0.25, 0.3) is 0 Å². The highest BCUT2D eigenvalue weighted by Gasteiger charge is 2.34. The van der Waals surface area contributed by atoms with Crippen molar-refractivity contribution in [1.29, 1.82) is 0 Å². The molecule has 0 aromatic carbocycles. The second-order valence-electron chi connectivity index (χ2n) is 6.75. The predicted octanol–water partition coefficient (Wildman–Crippen LogP) is 0.537. The number of aliphatic hydroxyl groups is 3. The number of nitrogens with two attached hydrogens (primary N) is 1. The molecule has 1 fully saturated rings. The number of thiophene rings is 1. The minimum Gasteiger partial charge on any atom is -0.393 e. The van der Waals surface area contributed by atoms with Gasteiger partial charge in [0.25, 0.3) is 0 Å². The van der Waals surface area contributed by atoms with Crippen molar-refractivity contribution in [2.75, 3.05) is 11.9 Å². The Morgan fingerprint density at radius 1 is 1.45 bits per heavy atom. The van der Waals surface area contributed by atoms with E-state index in [2.05, 4.69) is 19.5 Å². The van der Waals surface area contributed by atoms with Gasteiger partial charge in [-0.15, -0.1) is 11.3 Å². The monoisotopic (exact) mass is 464 g/mol. The van der Waals surface area contributed by atoms with Crippen molar-refractivity contribution in [3.8, 4) is 0 Å². The highest BCUT2D eigenvalue weighted by atomic mass is 35.5. The van der Waals surface area contributed by atoms with E-state index in [9.17, 15) is 23.7 Å². The number of aromatic nitrogens is 2. The second kappa shape index (κ2) is 9.18. The van der Waals surface area contributed by atoms with Crippen LogP contribution in [-0.2, 0) is 21.1 Å². The minimum absolute atomic E-state index is 0.213. The van der Waals surface area contributed by atoms with E-state index in [1.807, 2.05) is 0 Å². The Kier molecular flexibility index (Phi) is 7.06. The first-order chi connectivity index (χ1) is 13.7. The third-order valence-electron chi connectivity index (χ3n) is 4.70. The molecule has 0 saturated heterocycles. The molecular weight excluding hydrogens is 444 g/mol. The summed E-state index contributed by atoms with van der Waals surface area (Å²) in [4.78, 5) is 8.68. The molecule has 1 unspecified atom stereocenters. The van der Waals surface area contributed by atoms with Gasteiger partial charge in [-0.25, -0.2) is 15.1 Å². The molecular formula is C16H21ClN4O6S2. The molecule has 13 heteroatoms. The Hall–Kier alpha value is -1.38. The predicted molar refractivity (Wildman–Crippen MR) is 107 cm³/mol. The first kappa shape index (κ1) is 22.3. The van der Waals surface area contributed by atoms with Crippen LogP contribution in [0.4, 0.5) is 5.82 Å². The van der Waals surface area contributed by atoms with Crippen LogP contribution in [0.15, 0.2) is 18.6 Å². The van der Waals surface area contributed by atoms with Crippen molar-refractivity contribution < 1.29 is 27.9 Å². The highest BCUT2D eigenvalue weighted by molar-refractivity contribution is 7.84. The standard InChI is InChI=1S/C16H21ClN4O6S2/c17-15-8(5-22)2-13(28-15)14(24)11-4-19-7-20-16(11)21-10-1-9(12(23)3-10)6-27-29(18,25)26/h2,4,7,9-10,12,14,22-24H,1,3,5-6H2,(H2,18,25,26)(H,19,20,21)/t9-,10-,12+,14?/m1/s1. The van der Waals surface area contributed by atoms with Crippen molar-refractivity contribution in [3.63, 3.8) is 0 Å². The lowest BCUT2D eigenvalue weighted by molar-refractivity contribution is 0.101. The van der Waals surface area contributed by atoms with Gasteiger partial charge in [0.05, 0.1) is 23.7 Å². The maximum absolute atomic E-state index is 11.0. The number of halogens is 1. The summed E-state index contributed by atoms with van der Waals surface area (Å²) < 4.78 is 26.9. The van der Waals surface area contributed by atoms with Gasteiger partial charge in [0, 0.05) is 34.2 Å². The third-order valence-corrected chi connectivity index (χ3v) is 6.65. The van der Waals surface area contributed by atoms with Crippen LogP contribution < -0.4 is 10.5 Å². The molecule has 1 aliphatic carbocycles. The fraction of sp³-hybridized carbons (Fsp3) is 0.500. The molecule has 1 saturated carbocycles. The van der Waals surface area contributed by atoms with E-state index in [-0.39, 0.29) is 19.3 Å². The number of nitrogens with zero attached hydrogens (tertiary/aromatic N) is 2. The highest BCUT2D eigenvalue weighted by Crippen LogP contribution is 2.37. The molecule has 3 rings (SSSR count). The van der Waals surface area contributed by atoms with Crippen molar-refractivity contribution in [1.82, 2.24) is 9.97 Å². The van der Waals surface area contributed by atoms with Crippen LogP contribution in [0.2, 0.25) is 4.34 Å². The molecule has 2 aromatic rings.